The van der Waals surface area contributed by atoms with Gasteiger partial charge in [-0.25, -0.2) is 14.1 Å². The minimum atomic E-state index is -4.39. The van der Waals surface area contributed by atoms with Crippen LogP contribution < -0.4 is 5.73 Å². The number of hydrogen-bond donors (Lipinski definition) is 2. The van der Waals surface area contributed by atoms with E-state index in [1.54, 1.807) is 34.3 Å². The molecular weight excluding hydrogens is 461 g/mol. The Morgan fingerprint density at radius 3 is 2.52 bits per heavy atom. The standard InChI is InChI=1S/C19H34N3O5PS2.H2O/c1-19(22(2,3)4,27-28(24,25)26-15-10-6-5-8-13-20)17(23)12-16-29-30-18-11-7-9-14-21-18;/h7,9,11,14H,5-6,8,10,12-13,15-16,20H2,1-4H3;1H2. The van der Waals surface area contributed by atoms with Crippen molar-refractivity contribution < 1.29 is 33.3 Å². The van der Waals surface area contributed by atoms with E-state index in [1.807, 2.05) is 18.2 Å². The van der Waals surface area contributed by atoms with E-state index in [0.717, 1.165) is 24.3 Å². The van der Waals surface area contributed by atoms with Gasteiger partial charge < -0.3 is 16.1 Å². The molecule has 0 fully saturated rings. The van der Waals surface area contributed by atoms with E-state index in [2.05, 4.69) is 4.98 Å². The summed E-state index contributed by atoms with van der Waals surface area (Å²) in [6.45, 7) is 2.26. The summed E-state index contributed by atoms with van der Waals surface area (Å²) in [5.74, 6) is 0.265. The maximum Gasteiger partial charge on any atom is 0.477 e. The summed E-state index contributed by atoms with van der Waals surface area (Å²) >= 11 is 0. The van der Waals surface area contributed by atoms with Gasteiger partial charge in [-0.2, -0.15) is 0 Å². The lowest BCUT2D eigenvalue weighted by molar-refractivity contribution is -0.932. The van der Waals surface area contributed by atoms with E-state index in [-0.39, 0.29) is 28.8 Å². The van der Waals surface area contributed by atoms with Crippen molar-refractivity contribution in [3.63, 3.8) is 0 Å². The van der Waals surface area contributed by atoms with E-state index in [4.69, 9.17) is 14.8 Å². The number of nitrogens with zero attached hydrogens (tertiary/aromatic N) is 2. The Hall–Kier alpha value is -0.490. The van der Waals surface area contributed by atoms with Crippen molar-refractivity contribution >= 4 is 35.2 Å². The van der Waals surface area contributed by atoms with Crippen LogP contribution in [0.2, 0.25) is 0 Å². The van der Waals surface area contributed by atoms with E-state index in [9.17, 15) is 14.3 Å². The summed E-state index contributed by atoms with van der Waals surface area (Å²) in [7, 11) is 3.85. The molecule has 0 saturated heterocycles. The molecule has 1 heterocycles. The minimum absolute atomic E-state index is 0. The molecule has 9 nitrogen and oxygen atoms in total. The molecule has 2 unspecified atom stereocenters. The molecule has 0 amide bonds. The fourth-order valence-electron chi connectivity index (χ4n) is 2.44. The summed E-state index contributed by atoms with van der Waals surface area (Å²) in [5.41, 5.74) is 3.93. The number of phosphoric acid groups is 1. The largest absolute Gasteiger partial charge is 0.870 e. The van der Waals surface area contributed by atoms with E-state index >= 15 is 0 Å². The van der Waals surface area contributed by atoms with E-state index in [1.165, 1.54) is 21.6 Å². The zero-order valence-corrected chi connectivity index (χ0v) is 21.3. The number of hydrogen-bond acceptors (Lipinski definition) is 9. The van der Waals surface area contributed by atoms with Gasteiger partial charge in [0.2, 0.25) is 5.78 Å². The van der Waals surface area contributed by atoms with Crippen LogP contribution in [0.5, 0.6) is 0 Å². The predicted octanol–water partition coefficient (Wildman–Crippen LogP) is 3.68. The van der Waals surface area contributed by atoms with Crippen LogP contribution in [-0.2, 0) is 18.4 Å². The number of aromatic nitrogens is 1. The highest BCUT2D eigenvalue weighted by molar-refractivity contribution is 8.76. The number of nitrogens with two attached hydrogens (primary N) is 1. The smallest absolute Gasteiger partial charge is 0.477 e. The number of unbranched alkanes of at least 4 members (excludes halogenated alkanes) is 3. The predicted molar refractivity (Wildman–Crippen MR) is 125 cm³/mol. The highest BCUT2D eigenvalue weighted by atomic mass is 33.1. The van der Waals surface area contributed by atoms with Gasteiger partial charge in [-0.1, -0.05) is 29.7 Å². The van der Waals surface area contributed by atoms with Gasteiger partial charge in [-0.3, -0.25) is 13.8 Å². The molecule has 4 N–H and O–H groups in total. The molecule has 180 valence electrons. The van der Waals surface area contributed by atoms with Gasteiger partial charge in [0.1, 0.15) is 5.03 Å². The van der Waals surface area contributed by atoms with Gasteiger partial charge in [0.15, 0.2) is 0 Å². The first-order chi connectivity index (χ1) is 14.0. The van der Waals surface area contributed by atoms with Crippen molar-refractivity contribution in [1.29, 1.82) is 0 Å². The van der Waals surface area contributed by atoms with Gasteiger partial charge in [-0.05, 0) is 42.3 Å². The monoisotopic (exact) mass is 497 g/mol. The maximum atomic E-state index is 13.0. The number of rotatable bonds is 16. The molecule has 0 aliphatic heterocycles. The second-order valence-corrected chi connectivity index (χ2v) is 11.7. The van der Waals surface area contributed by atoms with Crippen LogP contribution in [0.25, 0.3) is 0 Å². The number of carbonyl (C=O) groups is 1. The number of Topliss-reactive ketones (excluding diaryl/α,β-unsaturated/α-hetero) is 1. The zero-order chi connectivity index (χ0) is 22.7. The van der Waals surface area contributed by atoms with Crippen molar-refractivity contribution in [2.75, 3.05) is 40.0 Å². The highest BCUT2D eigenvalue weighted by Gasteiger charge is 2.51. The Labute approximate surface area is 193 Å². The average molecular weight is 498 g/mol. The second-order valence-electron chi connectivity index (χ2n) is 7.84. The first-order valence-corrected chi connectivity index (χ1v) is 13.8. The number of phosphoric ester groups is 1. The molecule has 0 bridgehead atoms. The third-order valence-electron chi connectivity index (χ3n) is 4.64. The first kappa shape index (κ1) is 30.5. The van der Waals surface area contributed by atoms with Crippen LogP contribution in [-0.4, -0.2) is 71.4 Å². The summed E-state index contributed by atoms with van der Waals surface area (Å²) in [4.78, 5) is 27.4. The lowest BCUT2D eigenvalue weighted by Crippen LogP contribution is -2.61. The van der Waals surface area contributed by atoms with Crippen molar-refractivity contribution in [2.24, 2.45) is 5.73 Å². The number of quaternary nitrogens is 1. The SMILES string of the molecule is CC(OP(=O)(O)OCCCCCCN)(C(=O)CCSSc1ccccn1)[N+](C)(C)C.[OH-]. The Bertz CT molecular complexity index is 693. The fraction of sp³-hybridized carbons (Fsp3) is 0.684. The molecule has 0 aliphatic carbocycles. The highest BCUT2D eigenvalue weighted by Crippen LogP contribution is 2.49. The minimum Gasteiger partial charge on any atom is -0.870 e. The van der Waals surface area contributed by atoms with Crippen LogP contribution in [0.1, 0.15) is 39.0 Å². The average Bonchev–Trinajstić information content (AvgIpc) is 2.67. The third kappa shape index (κ3) is 11.3. The molecule has 1 aromatic rings. The van der Waals surface area contributed by atoms with Crippen LogP contribution in [0, 0.1) is 0 Å². The molecule has 0 aromatic carbocycles. The first-order valence-electron chi connectivity index (χ1n) is 9.95. The molecule has 1 aromatic heterocycles. The topological polar surface area (TPSA) is 142 Å². The van der Waals surface area contributed by atoms with Gasteiger partial charge in [0.25, 0.3) is 5.72 Å². The Morgan fingerprint density at radius 2 is 1.94 bits per heavy atom. The fourth-order valence-corrected chi connectivity index (χ4v) is 5.52. The van der Waals surface area contributed by atoms with Gasteiger partial charge in [0, 0.05) is 25.3 Å². The summed E-state index contributed by atoms with van der Waals surface area (Å²) in [6.07, 6.45) is 5.25. The maximum absolute atomic E-state index is 13.0. The van der Waals surface area contributed by atoms with Crippen LogP contribution in [0.15, 0.2) is 29.4 Å². The number of likely N-dealkylation sites (N-methyl/N-ethyl adjacent to an activating group) is 1. The Morgan fingerprint density at radius 1 is 1.26 bits per heavy atom. The van der Waals surface area contributed by atoms with Crippen LogP contribution in [0.4, 0.5) is 0 Å². The molecule has 31 heavy (non-hydrogen) atoms. The molecule has 0 spiro atoms. The van der Waals surface area contributed by atoms with Gasteiger partial charge in [-0.15, -0.1) is 0 Å². The van der Waals surface area contributed by atoms with Crippen molar-refractivity contribution in [2.45, 2.75) is 49.8 Å². The molecular formula is C19H36N3O6PS2. The van der Waals surface area contributed by atoms with Crippen molar-refractivity contribution in [3.05, 3.63) is 24.4 Å². The molecule has 1 rings (SSSR count). The second kappa shape index (κ2) is 14.6. The molecule has 0 radical (unpaired) electrons. The molecule has 0 saturated carbocycles. The van der Waals surface area contributed by atoms with E-state index < -0.39 is 13.5 Å². The molecule has 2 atom stereocenters. The zero-order valence-electron chi connectivity index (χ0n) is 18.7. The number of carbonyl (C=O) groups excluding carboxylic acids is 1. The number of ketones is 1. The summed E-state index contributed by atoms with van der Waals surface area (Å²) < 4.78 is 23.1. The van der Waals surface area contributed by atoms with Crippen LogP contribution in [0.3, 0.4) is 0 Å². The lowest BCUT2D eigenvalue weighted by atomic mass is 10.1. The van der Waals surface area contributed by atoms with Crippen molar-refractivity contribution in [3.8, 4) is 0 Å². The van der Waals surface area contributed by atoms with Crippen LogP contribution >= 0.6 is 29.4 Å². The van der Waals surface area contributed by atoms with Gasteiger partial charge >= 0.3 is 7.82 Å². The normalized spacial score (nSPS) is 15.5. The quantitative estimate of drug-likeness (QED) is 0.114. The summed E-state index contributed by atoms with van der Waals surface area (Å²) in [6, 6.07) is 5.64. The Balaban J connectivity index is 0.00000900. The van der Waals surface area contributed by atoms with Crippen molar-refractivity contribution in [1.82, 2.24) is 4.98 Å². The summed E-state index contributed by atoms with van der Waals surface area (Å²) in [5, 5.41) is 0.861. The molecule has 0 aliphatic rings. The molecule has 12 heteroatoms. The van der Waals surface area contributed by atoms with Gasteiger partial charge in [0.05, 0.1) is 27.7 Å². The van der Waals surface area contributed by atoms with E-state index in [0.29, 0.717) is 18.7 Å². The number of pyridine rings is 1. The third-order valence-corrected chi connectivity index (χ3v) is 8.00. The Kier molecular flexibility index (Phi) is 14.4. The lowest BCUT2D eigenvalue weighted by Gasteiger charge is -2.41.